The zero-order valence-corrected chi connectivity index (χ0v) is 19.8. The quantitative estimate of drug-likeness (QED) is 0.326. The van der Waals surface area contributed by atoms with E-state index in [0.717, 1.165) is 23.7 Å². The van der Waals surface area contributed by atoms with Crippen molar-refractivity contribution in [3.05, 3.63) is 65.2 Å². The number of anilines is 1. The average molecular weight is 508 g/mol. The Kier molecular flexibility index (Phi) is 9.90. The maximum Gasteiger partial charge on any atom is 0.193 e. The van der Waals surface area contributed by atoms with Gasteiger partial charge in [0.25, 0.3) is 0 Å². The van der Waals surface area contributed by atoms with Crippen LogP contribution in [0.15, 0.2) is 53.5 Å². The second kappa shape index (κ2) is 12.1. The topological polar surface area (TPSA) is 62.9 Å². The molecule has 1 unspecified atom stereocenters. The van der Waals surface area contributed by atoms with E-state index in [1.54, 1.807) is 7.11 Å². The van der Waals surface area contributed by atoms with Crippen LogP contribution in [0.3, 0.4) is 0 Å². The summed E-state index contributed by atoms with van der Waals surface area (Å²) < 4.78 is 5.25. The van der Waals surface area contributed by atoms with Gasteiger partial charge >= 0.3 is 0 Å². The minimum atomic E-state index is 0. The van der Waals surface area contributed by atoms with Gasteiger partial charge in [-0.1, -0.05) is 49.4 Å². The Morgan fingerprint density at radius 2 is 1.83 bits per heavy atom. The van der Waals surface area contributed by atoms with Crippen molar-refractivity contribution in [1.82, 2.24) is 4.90 Å². The number of para-hydroxylation sites is 1. The fourth-order valence-corrected chi connectivity index (χ4v) is 3.81. The van der Waals surface area contributed by atoms with Gasteiger partial charge in [0.2, 0.25) is 0 Å². The summed E-state index contributed by atoms with van der Waals surface area (Å²) in [5.74, 6) is 1.20. The first-order valence-corrected chi connectivity index (χ1v) is 10.1. The van der Waals surface area contributed by atoms with Gasteiger partial charge in [0.05, 0.1) is 13.2 Å². The molecule has 1 atom stereocenters. The van der Waals surface area contributed by atoms with E-state index in [0.29, 0.717) is 19.1 Å². The second-order valence-electron chi connectivity index (χ2n) is 7.67. The second-order valence-corrected chi connectivity index (χ2v) is 7.67. The molecule has 1 fully saturated rings. The first-order chi connectivity index (χ1) is 13.7. The summed E-state index contributed by atoms with van der Waals surface area (Å²) >= 11 is 0. The van der Waals surface area contributed by atoms with Crippen molar-refractivity contribution in [2.75, 3.05) is 25.5 Å². The minimum Gasteiger partial charge on any atom is -0.380 e. The molecule has 0 radical (unpaired) electrons. The lowest BCUT2D eigenvalue weighted by Crippen LogP contribution is -2.34. The lowest BCUT2D eigenvalue weighted by Gasteiger charge is -2.31. The molecule has 29 heavy (non-hydrogen) atoms. The molecular formula is C23H33IN4O. The van der Waals surface area contributed by atoms with Crippen LogP contribution in [0.25, 0.3) is 0 Å². The smallest absolute Gasteiger partial charge is 0.193 e. The van der Waals surface area contributed by atoms with E-state index >= 15 is 0 Å². The van der Waals surface area contributed by atoms with E-state index in [9.17, 15) is 0 Å². The standard InChI is InChI=1S/C23H32N4O.HI/c1-18-8-7-13-27(15-18)16-20-10-4-3-9-19(20)14-25-23(24)26-22-12-6-5-11-21(22)17-28-2;/h3-6,9-12,18H,7-8,13-17H2,1-2H3,(H3,24,25,26);1H. The van der Waals surface area contributed by atoms with Crippen LogP contribution in [0, 0.1) is 5.92 Å². The number of aliphatic imine (C=N–C) groups is 1. The van der Waals surface area contributed by atoms with Crippen molar-refractivity contribution in [3.63, 3.8) is 0 Å². The fourth-order valence-electron chi connectivity index (χ4n) is 3.81. The minimum absolute atomic E-state index is 0. The number of methoxy groups -OCH3 is 1. The van der Waals surface area contributed by atoms with Crippen LogP contribution in [0.5, 0.6) is 0 Å². The molecule has 0 spiro atoms. The predicted octanol–water partition coefficient (Wildman–Crippen LogP) is 4.61. The maximum atomic E-state index is 6.16. The number of nitrogens with two attached hydrogens (primary N) is 1. The summed E-state index contributed by atoms with van der Waals surface area (Å²) in [7, 11) is 1.69. The number of guanidine groups is 1. The highest BCUT2D eigenvalue weighted by atomic mass is 127. The first-order valence-electron chi connectivity index (χ1n) is 10.1. The van der Waals surface area contributed by atoms with Crippen molar-refractivity contribution in [3.8, 4) is 0 Å². The van der Waals surface area contributed by atoms with Crippen LogP contribution in [0.4, 0.5) is 5.69 Å². The molecule has 2 aromatic rings. The lowest BCUT2D eigenvalue weighted by atomic mass is 9.99. The summed E-state index contributed by atoms with van der Waals surface area (Å²) in [6, 6.07) is 16.5. The molecule has 0 aromatic heterocycles. The highest BCUT2D eigenvalue weighted by Crippen LogP contribution is 2.20. The predicted molar refractivity (Wildman–Crippen MR) is 132 cm³/mol. The van der Waals surface area contributed by atoms with E-state index in [1.807, 2.05) is 24.3 Å². The fraction of sp³-hybridized carbons (Fsp3) is 0.435. The number of likely N-dealkylation sites (tertiary alicyclic amines) is 1. The third-order valence-corrected chi connectivity index (χ3v) is 5.25. The van der Waals surface area contributed by atoms with Gasteiger partial charge < -0.3 is 15.8 Å². The van der Waals surface area contributed by atoms with Crippen LogP contribution in [0.2, 0.25) is 0 Å². The Morgan fingerprint density at radius 1 is 1.14 bits per heavy atom. The number of halogens is 1. The van der Waals surface area contributed by atoms with E-state index in [2.05, 4.69) is 46.4 Å². The van der Waals surface area contributed by atoms with E-state index in [-0.39, 0.29) is 24.0 Å². The number of benzene rings is 2. The van der Waals surface area contributed by atoms with E-state index in [1.165, 1.54) is 37.1 Å². The summed E-state index contributed by atoms with van der Waals surface area (Å²) in [6.45, 7) is 6.80. The van der Waals surface area contributed by atoms with Crippen molar-refractivity contribution < 1.29 is 4.74 Å². The summed E-state index contributed by atoms with van der Waals surface area (Å²) in [6.07, 6.45) is 2.63. The normalized spacial score (nSPS) is 17.6. The van der Waals surface area contributed by atoms with Gasteiger partial charge in [-0.3, -0.25) is 4.90 Å². The van der Waals surface area contributed by atoms with Crippen LogP contribution in [0.1, 0.15) is 36.5 Å². The van der Waals surface area contributed by atoms with Crippen LogP contribution >= 0.6 is 24.0 Å². The zero-order chi connectivity index (χ0) is 19.8. The lowest BCUT2D eigenvalue weighted by molar-refractivity contribution is 0.176. The molecule has 158 valence electrons. The molecule has 1 aliphatic heterocycles. The Morgan fingerprint density at radius 3 is 2.55 bits per heavy atom. The molecule has 3 rings (SSSR count). The highest BCUT2D eigenvalue weighted by molar-refractivity contribution is 14.0. The largest absolute Gasteiger partial charge is 0.380 e. The number of rotatable bonds is 7. The molecule has 0 aliphatic carbocycles. The van der Waals surface area contributed by atoms with Gasteiger partial charge in [-0.25, -0.2) is 4.99 Å². The summed E-state index contributed by atoms with van der Waals surface area (Å²) in [5, 5.41) is 3.21. The highest BCUT2D eigenvalue weighted by Gasteiger charge is 2.17. The van der Waals surface area contributed by atoms with Crippen molar-refractivity contribution >= 4 is 35.6 Å². The van der Waals surface area contributed by atoms with Gasteiger partial charge in [0.1, 0.15) is 0 Å². The van der Waals surface area contributed by atoms with Crippen LogP contribution < -0.4 is 11.1 Å². The van der Waals surface area contributed by atoms with Gasteiger partial charge in [-0.05, 0) is 42.5 Å². The number of ether oxygens (including phenoxy) is 1. The van der Waals surface area contributed by atoms with Gasteiger partial charge in [0.15, 0.2) is 5.96 Å². The summed E-state index contributed by atoms with van der Waals surface area (Å²) in [5.41, 5.74) is 10.7. The molecule has 1 aliphatic rings. The van der Waals surface area contributed by atoms with Crippen molar-refractivity contribution in [2.24, 2.45) is 16.6 Å². The van der Waals surface area contributed by atoms with Gasteiger partial charge in [-0.2, -0.15) is 0 Å². The Bertz CT molecular complexity index is 796. The number of nitrogens with one attached hydrogen (secondary N) is 1. The Balaban J connectivity index is 0.00000300. The average Bonchev–Trinajstić information content (AvgIpc) is 2.69. The van der Waals surface area contributed by atoms with E-state index in [4.69, 9.17) is 10.5 Å². The van der Waals surface area contributed by atoms with E-state index < -0.39 is 0 Å². The first kappa shape index (κ1) is 23.6. The molecule has 3 N–H and O–H groups in total. The number of hydrogen-bond donors (Lipinski definition) is 2. The van der Waals surface area contributed by atoms with Gasteiger partial charge in [0, 0.05) is 31.5 Å². The monoisotopic (exact) mass is 508 g/mol. The molecule has 2 aromatic carbocycles. The van der Waals surface area contributed by atoms with Gasteiger partial charge in [-0.15, -0.1) is 24.0 Å². The zero-order valence-electron chi connectivity index (χ0n) is 17.4. The molecule has 0 amide bonds. The number of hydrogen-bond acceptors (Lipinski definition) is 3. The van der Waals surface area contributed by atoms with Crippen molar-refractivity contribution in [1.29, 1.82) is 0 Å². The molecule has 5 nitrogen and oxygen atoms in total. The van der Waals surface area contributed by atoms with Crippen LogP contribution in [-0.2, 0) is 24.4 Å². The van der Waals surface area contributed by atoms with Crippen LogP contribution in [-0.4, -0.2) is 31.1 Å². The summed E-state index contributed by atoms with van der Waals surface area (Å²) in [4.78, 5) is 7.14. The molecular weight excluding hydrogens is 475 g/mol. The maximum absolute atomic E-state index is 6.16. The molecule has 0 bridgehead atoms. The third-order valence-electron chi connectivity index (χ3n) is 5.25. The Labute approximate surface area is 191 Å². The Hall–Kier alpha value is -1.64. The molecule has 1 saturated heterocycles. The third kappa shape index (κ3) is 7.28. The SMILES string of the molecule is COCc1ccccc1NC(N)=NCc1ccccc1CN1CCCC(C)C1.I. The number of piperidine rings is 1. The molecule has 0 saturated carbocycles. The molecule has 1 heterocycles. The number of nitrogens with zero attached hydrogens (tertiary/aromatic N) is 2. The van der Waals surface area contributed by atoms with Crippen molar-refractivity contribution in [2.45, 2.75) is 39.5 Å². The molecule has 6 heteroatoms.